The Labute approximate surface area is 169 Å². The van der Waals surface area contributed by atoms with Crippen LogP contribution < -0.4 is 10.6 Å². The van der Waals surface area contributed by atoms with Crippen molar-refractivity contribution in [1.29, 1.82) is 0 Å². The van der Waals surface area contributed by atoms with E-state index in [2.05, 4.69) is 41.8 Å². The molecule has 0 fully saturated rings. The molecular weight excluding hydrogens is 328 g/mol. The first kappa shape index (κ1) is 23.9. The van der Waals surface area contributed by atoms with Gasteiger partial charge in [0.15, 0.2) is 0 Å². The number of para-hydroxylation sites is 2. The molecule has 0 heterocycles. The summed E-state index contributed by atoms with van der Waals surface area (Å²) in [4.78, 5) is 0. The van der Waals surface area contributed by atoms with Gasteiger partial charge >= 0.3 is 0 Å². The number of nitrogens with one attached hydrogen (secondary N) is 2. The minimum atomic E-state index is 1.08. The molecule has 0 bridgehead atoms. The molecule has 0 atom stereocenters. The zero-order chi connectivity index (χ0) is 19.4. The Morgan fingerprint density at radius 1 is 0.556 bits per heavy atom. The van der Waals surface area contributed by atoms with Crippen molar-refractivity contribution in [2.45, 2.75) is 110 Å². The second-order valence-electron chi connectivity index (χ2n) is 8.03. The smallest absolute Gasteiger partial charge is 0.0575 e. The van der Waals surface area contributed by atoms with Crippen molar-refractivity contribution in [3.63, 3.8) is 0 Å². The van der Waals surface area contributed by atoms with E-state index in [0.29, 0.717) is 0 Å². The molecule has 0 amide bonds. The first-order valence-corrected chi connectivity index (χ1v) is 11.9. The maximum Gasteiger partial charge on any atom is 0.0575 e. The summed E-state index contributed by atoms with van der Waals surface area (Å²) in [5.41, 5.74) is 2.41. The second-order valence-corrected chi connectivity index (χ2v) is 8.03. The van der Waals surface area contributed by atoms with Crippen molar-refractivity contribution < 1.29 is 0 Å². The number of unbranched alkanes of at least 4 members (excludes halogenated alkanes) is 15. The third kappa shape index (κ3) is 13.6. The lowest BCUT2D eigenvalue weighted by Gasteiger charge is -2.11. The number of benzene rings is 1. The van der Waals surface area contributed by atoms with E-state index < -0.39 is 0 Å². The van der Waals surface area contributed by atoms with Gasteiger partial charge in [0, 0.05) is 13.6 Å². The van der Waals surface area contributed by atoms with Crippen LogP contribution in [-0.4, -0.2) is 13.6 Å². The molecule has 2 heteroatoms. The van der Waals surface area contributed by atoms with Gasteiger partial charge in [0.2, 0.25) is 0 Å². The number of anilines is 2. The molecule has 0 aliphatic heterocycles. The third-order valence-corrected chi connectivity index (χ3v) is 5.54. The van der Waals surface area contributed by atoms with Crippen molar-refractivity contribution in [3.05, 3.63) is 24.3 Å². The molecule has 1 rings (SSSR count). The Bertz CT molecular complexity index is 430. The van der Waals surface area contributed by atoms with Crippen LogP contribution in [0.25, 0.3) is 0 Å². The first-order chi connectivity index (χ1) is 13.4. The predicted octanol–water partition coefficient (Wildman–Crippen LogP) is 8.40. The maximum absolute atomic E-state index is 3.55. The van der Waals surface area contributed by atoms with E-state index in [0.717, 1.165) is 6.54 Å². The topological polar surface area (TPSA) is 24.1 Å². The quantitative estimate of drug-likeness (QED) is 0.237. The normalized spacial score (nSPS) is 10.9. The van der Waals surface area contributed by atoms with Crippen LogP contribution in [0.1, 0.15) is 110 Å². The lowest BCUT2D eigenvalue weighted by atomic mass is 10.0. The molecular formula is C25H46N2. The predicted molar refractivity (Wildman–Crippen MR) is 124 cm³/mol. The van der Waals surface area contributed by atoms with E-state index in [1.165, 1.54) is 114 Å². The average molecular weight is 375 g/mol. The fourth-order valence-corrected chi connectivity index (χ4v) is 3.75. The van der Waals surface area contributed by atoms with Gasteiger partial charge in [-0.25, -0.2) is 0 Å². The summed E-state index contributed by atoms with van der Waals surface area (Å²) < 4.78 is 0. The molecule has 0 spiro atoms. The van der Waals surface area contributed by atoms with Crippen LogP contribution >= 0.6 is 0 Å². The highest BCUT2D eigenvalue weighted by molar-refractivity contribution is 5.68. The van der Waals surface area contributed by atoms with E-state index in [-0.39, 0.29) is 0 Å². The van der Waals surface area contributed by atoms with Gasteiger partial charge in [-0.2, -0.15) is 0 Å². The zero-order valence-corrected chi connectivity index (χ0v) is 18.3. The molecule has 1 aromatic rings. The summed E-state index contributed by atoms with van der Waals surface area (Å²) in [6.07, 6.45) is 22.8. The summed E-state index contributed by atoms with van der Waals surface area (Å²) in [6, 6.07) is 8.44. The molecule has 0 aromatic heterocycles. The molecule has 1 aromatic carbocycles. The van der Waals surface area contributed by atoms with Crippen molar-refractivity contribution in [2.75, 3.05) is 24.2 Å². The highest BCUT2D eigenvalue weighted by atomic mass is 14.9. The van der Waals surface area contributed by atoms with Crippen molar-refractivity contribution in [3.8, 4) is 0 Å². The standard InChI is InChI=1S/C25H46N2/c1-3-4-5-6-7-8-9-10-11-12-13-14-15-16-17-20-23-27-25-22-19-18-21-24(25)26-2/h18-19,21-22,26-27H,3-17,20,23H2,1-2H3. The number of hydrogen-bond donors (Lipinski definition) is 2. The van der Waals surface area contributed by atoms with E-state index in [1.807, 2.05) is 7.05 Å². The molecule has 0 saturated heterocycles. The minimum absolute atomic E-state index is 1.08. The monoisotopic (exact) mass is 374 g/mol. The largest absolute Gasteiger partial charge is 0.386 e. The van der Waals surface area contributed by atoms with E-state index in [1.54, 1.807) is 0 Å². The van der Waals surface area contributed by atoms with Crippen molar-refractivity contribution >= 4 is 11.4 Å². The van der Waals surface area contributed by atoms with Crippen LogP contribution in [0, 0.1) is 0 Å². The maximum atomic E-state index is 3.55. The Kier molecular flexibility index (Phi) is 16.1. The highest BCUT2D eigenvalue weighted by Gasteiger charge is 1.98. The molecule has 2 nitrogen and oxygen atoms in total. The minimum Gasteiger partial charge on any atom is -0.386 e. The number of hydrogen-bond acceptors (Lipinski definition) is 2. The van der Waals surface area contributed by atoms with Crippen LogP contribution in [0.4, 0.5) is 11.4 Å². The van der Waals surface area contributed by atoms with Gasteiger partial charge in [-0.05, 0) is 18.6 Å². The van der Waals surface area contributed by atoms with Gasteiger partial charge in [0.1, 0.15) is 0 Å². The van der Waals surface area contributed by atoms with Crippen LogP contribution in [0.15, 0.2) is 24.3 Å². The Morgan fingerprint density at radius 2 is 0.963 bits per heavy atom. The molecule has 0 radical (unpaired) electrons. The van der Waals surface area contributed by atoms with Gasteiger partial charge in [-0.15, -0.1) is 0 Å². The Morgan fingerprint density at radius 3 is 1.41 bits per heavy atom. The second kappa shape index (κ2) is 18.2. The molecule has 0 aliphatic rings. The van der Waals surface area contributed by atoms with Gasteiger partial charge in [0.25, 0.3) is 0 Å². The average Bonchev–Trinajstić information content (AvgIpc) is 2.70. The van der Waals surface area contributed by atoms with E-state index in [4.69, 9.17) is 0 Å². The van der Waals surface area contributed by atoms with Gasteiger partial charge in [-0.1, -0.05) is 115 Å². The molecule has 156 valence electrons. The summed E-state index contributed by atoms with van der Waals surface area (Å²) >= 11 is 0. The lowest BCUT2D eigenvalue weighted by Crippen LogP contribution is -2.04. The molecule has 0 saturated carbocycles. The molecule has 0 unspecified atom stereocenters. The van der Waals surface area contributed by atoms with Crippen LogP contribution in [0.2, 0.25) is 0 Å². The Balaban J connectivity index is 1.78. The fraction of sp³-hybridized carbons (Fsp3) is 0.760. The van der Waals surface area contributed by atoms with Crippen LogP contribution in [0.3, 0.4) is 0 Å². The fourth-order valence-electron chi connectivity index (χ4n) is 3.75. The summed E-state index contributed by atoms with van der Waals surface area (Å²) in [5, 5.41) is 6.79. The highest BCUT2D eigenvalue weighted by Crippen LogP contribution is 2.20. The number of rotatable bonds is 19. The van der Waals surface area contributed by atoms with Gasteiger partial charge in [0.05, 0.1) is 11.4 Å². The molecule has 2 N–H and O–H groups in total. The SMILES string of the molecule is CCCCCCCCCCCCCCCCCCNc1ccccc1NC. The van der Waals surface area contributed by atoms with Crippen molar-refractivity contribution in [2.24, 2.45) is 0 Å². The third-order valence-electron chi connectivity index (χ3n) is 5.54. The van der Waals surface area contributed by atoms with Crippen molar-refractivity contribution in [1.82, 2.24) is 0 Å². The van der Waals surface area contributed by atoms with Crippen LogP contribution in [0.5, 0.6) is 0 Å². The van der Waals surface area contributed by atoms with Crippen LogP contribution in [-0.2, 0) is 0 Å². The first-order valence-electron chi connectivity index (χ1n) is 11.9. The molecule has 27 heavy (non-hydrogen) atoms. The summed E-state index contributed by atoms with van der Waals surface area (Å²) in [6.45, 7) is 3.38. The summed E-state index contributed by atoms with van der Waals surface area (Å²) in [5.74, 6) is 0. The lowest BCUT2D eigenvalue weighted by molar-refractivity contribution is 0.530. The molecule has 0 aliphatic carbocycles. The summed E-state index contributed by atoms with van der Waals surface area (Å²) in [7, 11) is 1.98. The van der Waals surface area contributed by atoms with Gasteiger partial charge < -0.3 is 10.6 Å². The van der Waals surface area contributed by atoms with Gasteiger partial charge in [-0.3, -0.25) is 0 Å². The van der Waals surface area contributed by atoms with E-state index >= 15 is 0 Å². The Hall–Kier alpha value is -1.18. The zero-order valence-electron chi connectivity index (χ0n) is 18.3. The van der Waals surface area contributed by atoms with E-state index in [9.17, 15) is 0 Å².